The highest BCUT2D eigenvalue weighted by molar-refractivity contribution is 5.83. The van der Waals surface area contributed by atoms with Crippen LogP contribution in [0.15, 0.2) is 33.5 Å². The van der Waals surface area contributed by atoms with Crippen LogP contribution in [0, 0.1) is 6.92 Å². The van der Waals surface area contributed by atoms with E-state index < -0.39 is 0 Å². The molecule has 0 bridgehead atoms. The van der Waals surface area contributed by atoms with Gasteiger partial charge in [-0.3, -0.25) is 0 Å². The molecular weight excluding hydrogens is 214 g/mol. The number of hydrogen-bond donors (Lipinski definition) is 1. The third-order valence-corrected chi connectivity index (χ3v) is 2.33. The van der Waals surface area contributed by atoms with E-state index in [-0.39, 0.29) is 5.63 Å². The first-order valence-corrected chi connectivity index (χ1v) is 5.99. The molecule has 1 N–H and O–H groups in total. The van der Waals surface area contributed by atoms with Crippen LogP contribution < -0.4 is 10.9 Å². The Bertz CT molecular complexity index is 543. The molecule has 0 saturated heterocycles. The van der Waals surface area contributed by atoms with Gasteiger partial charge in [0.25, 0.3) is 0 Å². The number of hydrogen-bond acceptors (Lipinski definition) is 3. The lowest BCUT2D eigenvalue weighted by Crippen LogP contribution is -1.99. The number of anilines is 1. The molecule has 2 rings (SSSR count). The third-order valence-electron chi connectivity index (χ3n) is 2.33. The molecule has 0 unspecified atom stereocenters. The van der Waals surface area contributed by atoms with E-state index in [1.165, 1.54) is 6.07 Å². The van der Waals surface area contributed by atoms with E-state index in [4.69, 9.17) is 4.42 Å². The summed E-state index contributed by atoms with van der Waals surface area (Å²) in [5.41, 5.74) is 2.26. The van der Waals surface area contributed by atoms with Crippen molar-refractivity contribution in [2.45, 2.75) is 27.7 Å². The van der Waals surface area contributed by atoms with Gasteiger partial charge in [-0.2, -0.15) is 0 Å². The summed E-state index contributed by atoms with van der Waals surface area (Å²) in [5, 5.41) is 4.16. The topological polar surface area (TPSA) is 42.2 Å². The van der Waals surface area contributed by atoms with Crippen LogP contribution in [0.5, 0.6) is 0 Å². The van der Waals surface area contributed by atoms with E-state index in [1.54, 1.807) is 0 Å². The number of nitrogens with one attached hydrogen (secondary N) is 1. The van der Waals surface area contributed by atoms with Gasteiger partial charge in [0.1, 0.15) is 5.58 Å². The van der Waals surface area contributed by atoms with Gasteiger partial charge in [-0.1, -0.05) is 13.8 Å². The van der Waals surface area contributed by atoms with Gasteiger partial charge >= 0.3 is 5.63 Å². The van der Waals surface area contributed by atoms with Gasteiger partial charge in [0.05, 0.1) is 0 Å². The van der Waals surface area contributed by atoms with Crippen molar-refractivity contribution in [2.75, 3.05) is 11.9 Å². The number of fused-ring (bicyclic) bond motifs is 1. The Hall–Kier alpha value is -1.77. The van der Waals surface area contributed by atoms with Crippen molar-refractivity contribution in [1.82, 2.24) is 0 Å². The van der Waals surface area contributed by atoms with Crippen LogP contribution in [0.1, 0.15) is 26.3 Å². The van der Waals surface area contributed by atoms with Gasteiger partial charge in [-0.05, 0) is 31.5 Å². The fraction of sp³-hybridized carbons (Fsp3) is 0.357. The normalized spacial score (nSPS) is 9.65. The monoisotopic (exact) mass is 233 g/mol. The minimum Gasteiger partial charge on any atom is -0.423 e. The molecule has 0 fully saturated rings. The summed E-state index contributed by atoms with van der Waals surface area (Å²) in [4.78, 5) is 11.2. The van der Waals surface area contributed by atoms with Crippen LogP contribution >= 0.6 is 0 Å². The van der Waals surface area contributed by atoms with Crippen LogP contribution in [0.4, 0.5) is 5.69 Å². The highest BCUT2D eigenvalue weighted by Gasteiger charge is 2.02. The molecular formula is C14H19NO2. The van der Waals surface area contributed by atoms with Gasteiger partial charge in [0.15, 0.2) is 0 Å². The molecule has 1 heterocycles. The molecule has 0 atom stereocenters. The zero-order chi connectivity index (χ0) is 12.8. The fourth-order valence-corrected chi connectivity index (χ4v) is 1.64. The molecule has 0 aliphatic carbocycles. The molecule has 1 aromatic heterocycles. The molecule has 3 nitrogen and oxygen atoms in total. The minimum atomic E-state index is -0.298. The van der Waals surface area contributed by atoms with Crippen LogP contribution in [0.2, 0.25) is 0 Å². The maximum absolute atomic E-state index is 11.2. The van der Waals surface area contributed by atoms with Crippen LogP contribution in [0.3, 0.4) is 0 Å². The number of rotatable bonds is 2. The second-order valence-corrected chi connectivity index (χ2v) is 3.49. The summed E-state index contributed by atoms with van der Waals surface area (Å²) in [6, 6.07) is 7.31. The highest BCUT2D eigenvalue weighted by atomic mass is 16.4. The molecule has 0 aliphatic heterocycles. The SMILES string of the molecule is CC.CCNc1ccc2c(C)cc(=O)oc2c1. The Morgan fingerprint density at radius 2 is 1.94 bits per heavy atom. The molecule has 92 valence electrons. The average molecular weight is 233 g/mol. The minimum absolute atomic E-state index is 0.298. The van der Waals surface area contributed by atoms with Crippen LogP contribution in [0.25, 0.3) is 11.0 Å². The summed E-state index contributed by atoms with van der Waals surface area (Å²) in [5.74, 6) is 0. The summed E-state index contributed by atoms with van der Waals surface area (Å²) in [6.07, 6.45) is 0. The van der Waals surface area contributed by atoms with Gasteiger partial charge in [0, 0.05) is 29.8 Å². The molecule has 2 aromatic rings. The Morgan fingerprint density at radius 1 is 1.24 bits per heavy atom. The summed E-state index contributed by atoms with van der Waals surface area (Å²) < 4.78 is 5.13. The Balaban J connectivity index is 0.000000686. The van der Waals surface area contributed by atoms with Crippen molar-refractivity contribution in [1.29, 1.82) is 0 Å². The molecule has 1 aromatic carbocycles. The van der Waals surface area contributed by atoms with Gasteiger partial charge in [-0.25, -0.2) is 4.79 Å². The zero-order valence-electron chi connectivity index (χ0n) is 10.8. The van der Waals surface area contributed by atoms with Gasteiger partial charge in [0.2, 0.25) is 0 Å². The first-order chi connectivity index (χ1) is 8.20. The Kier molecular flexibility index (Phi) is 4.76. The zero-order valence-corrected chi connectivity index (χ0v) is 10.8. The molecule has 0 spiro atoms. The maximum Gasteiger partial charge on any atom is 0.336 e. The molecule has 0 radical (unpaired) electrons. The molecule has 0 amide bonds. The molecule has 0 saturated carbocycles. The van der Waals surface area contributed by atoms with Crippen LogP contribution in [-0.2, 0) is 0 Å². The van der Waals surface area contributed by atoms with Crippen molar-refractivity contribution in [3.05, 3.63) is 40.2 Å². The number of aryl methyl sites for hydroxylation is 1. The van der Waals surface area contributed by atoms with E-state index in [0.717, 1.165) is 23.2 Å². The quantitative estimate of drug-likeness (QED) is 0.806. The largest absolute Gasteiger partial charge is 0.423 e. The van der Waals surface area contributed by atoms with E-state index in [2.05, 4.69) is 5.32 Å². The third kappa shape index (κ3) is 3.09. The Labute approximate surface area is 101 Å². The number of benzene rings is 1. The summed E-state index contributed by atoms with van der Waals surface area (Å²) in [7, 11) is 0. The second-order valence-electron chi connectivity index (χ2n) is 3.49. The van der Waals surface area contributed by atoms with Crippen molar-refractivity contribution in [3.63, 3.8) is 0 Å². The van der Waals surface area contributed by atoms with Crippen molar-refractivity contribution in [2.24, 2.45) is 0 Å². The molecule has 3 heteroatoms. The van der Waals surface area contributed by atoms with Crippen LogP contribution in [-0.4, -0.2) is 6.54 Å². The smallest absolute Gasteiger partial charge is 0.336 e. The first-order valence-electron chi connectivity index (χ1n) is 5.99. The predicted octanol–water partition coefficient (Wildman–Crippen LogP) is 3.56. The van der Waals surface area contributed by atoms with Crippen molar-refractivity contribution >= 4 is 16.7 Å². The Morgan fingerprint density at radius 3 is 2.59 bits per heavy atom. The fourth-order valence-electron chi connectivity index (χ4n) is 1.64. The predicted molar refractivity (Wildman–Crippen MR) is 72.7 cm³/mol. The van der Waals surface area contributed by atoms with E-state index >= 15 is 0 Å². The highest BCUT2D eigenvalue weighted by Crippen LogP contribution is 2.20. The van der Waals surface area contributed by atoms with E-state index in [9.17, 15) is 4.79 Å². The molecule has 17 heavy (non-hydrogen) atoms. The lowest BCUT2D eigenvalue weighted by Gasteiger charge is -2.05. The first kappa shape index (κ1) is 13.3. The van der Waals surface area contributed by atoms with Gasteiger partial charge in [-0.15, -0.1) is 0 Å². The van der Waals surface area contributed by atoms with Crippen molar-refractivity contribution < 1.29 is 4.42 Å². The lowest BCUT2D eigenvalue weighted by molar-refractivity contribution is 0.560. The molecule has 0 aliphatic rings. The average Bonchev–Trinajstić information content (AvgIpc) is 2.31. The standard InChI is InChI=1S/C12H13NO2.C2H6/c1-3-13-9-4-5-10-8(2)6-12(14)15-11(10)7-9;1-2/h4-7,13H,3H2,1-2H3;1-2H3. The van der Waals surface area contributed by atoms with Crippen molar-refractivity contribution in [3.8, 4) is 0 Å². The summed E-state index contributed by atoms with van der Waals surface area (Å²) in [6.45, 7) is 8.78. The van der Waals surface area contributed by atoms with E-state index in [0.29, 0.717) is 5.58 Å². The maximum atomic E-state index is 11.2. The lowest BCUT2D eigenvalue weighted by atomic mass is 10.1. The van der Waals surface area contributed by atoms with E-state index in [1.807, 2.05) is 45.9 Å². The summed E-state index contributed by atoms with van der Waals surface area (Å²) >= 11 is 0. The second kappa shape index (κ2) is 6.09. The van der Waals surface area contributed by atoms with Gasteiger partial charge < -0.3 is 9.73 Å².